The van der Waals surface area contributed by atoms with Gasteiger partial charge in [-0.2, -0.15) is 0 Å². The Bertz CT molecular complexity index is 526. The van der Waals surface area contributed by atoms with Gasteiger partial charge in [-0.15, -0.1) is 0 Å². The minimum absolute atomic E-state index is 0. The summed E-state index contributed by atoms with van der Waals surface area (Å²) in [6.45, 7) is 0. The summed E-state index contributed by atoms with van der Waals surface area (Å²) in [5, 5.41) is 35.2. The normalized spacial score (nSPS) is 9.26. The molecule has 0 unspecified atom stereocenters. The fourth-order valence-electron chi connectivity index (χ4n) is 1.40. The molecule has 0 aliphatic rings. The van der Waals surface area contributed by atoms with Gasteiger partial charge in [0.1, 0.15) is 0 Å². The summed E-state index contributed by atoms with van der Waals surface area (Å²) >= 11 is 0. The van der Waals surface area contributed by atoms with E-state index in [9.17, 15) is 19.2 Å². The molecule has 0 amide bonds. The van der Waals surface area contributed by atoms with Gasteiger partial charge >= 0.3 is 53.4 Å². The van der Waals surface area contributed by atoms with E-state index in [1.54, 1.807) is 0 Å². The average Bonchev–Trinajstić information content (AvgIpc) is 2.26. The SMILES string of the molecule is O=C(O)c1ccc(C(=O)O)c(C(=O)O)c1C(=O)O.[NaH]. The summed E-state index contributed by atoms with van der Waals surface area (Å²) in [7, 11) is 0. The summed E-state index contributed by atoms with van der Waals surface area (Å²) in [6, 6.07) is 1.48. The molecule has 0 aliphatic heterocycles. The topological polar surface area (TPSA) is 149 Å². The van der Waals surface area contributed by atoms with Crippen molar-refractivity contribution in [3.8, 4) is 0 Å². The van der Waals surface area contributed by atoms with E-state index >= 15 is 0 Å². The van der Waals surface area contributed by atoms with Gasteiger partial charge in [-0.3, -0.25) is 0 Å². The molecule has 96 valence electrons. The Morgan fingerprint density at radius 2 is 0.895 bits per heavy atom. The van der Waals surface area contributed by atoms with Gasteiger partial charge in [0.2, 0.25) is 0 Å². The van der Waals surface area contributed by atoms with E-state index in [-0.39, 0.29) is 29.6 Å². The summed E-state index contributed by atoms with van der Waals surface area (Å²) in [6.07, 6.45) is 0. The first-order valence-corrected chi connectivity index (χ1v) is 4.37. The van der Waals surface area contributed by atoms with Crippen LogP contribution in [0.5, 0.6) is 0 Å². The van der Waals surface area contributed by atoms with E-state index in [2.05, 4.69) is 0 Å². The van der Waals surface area contributed by atoms with E-state index in [1.807, 2.05) is 0 Å². The van der Waals surface area contributed by atoms with Crippen LogP contribution in [-0.2, 0) is 0 Å². The predicted octanol–water partition coefficient (Wildman–Crippen LogP) is -0.169. The summed E-state index contributed by atoms with van der Waals surface area (Å²) in [5.74, 6) is -6.97. The minimum atomic E-state index is -1.83. The van der Waals surface area contributed by atoms with Crippen LogP contribution in [-0.4, -0.2) is 73.9 Å². The molecule has 0 saturated heterocycles. The number of rotatable bonds is 4. The molecule has 1 aromatic rings. The number of carbonyl (C=O) groups is 4. The molecule has 4 N–H and O–H groups in total. The average molecular weight is 278 g/mol. The zero-order chi connectivity index (χ0) is 14.0. The van der Waals surface area contributed by atoms with Crippen LogP contribution in [0.2, 0.25) is 0 Å². The molecule has 8 nitrogen and oxygen atoms in total. The van der Waals surface area contributed by atoms with Gasteiger partial charge in [-0.1, -0.05) is 0 Å². The maximum atomic E-state index is 10.9. The van der Waals surface area contributed by atoms with Gasteiger partial charge < -0.3 is 20.4 Å². The van der Waals surface area contributed by atoms with Crippen LogP contribution in [0.4, 0.5) is 0 Å². The molecule has 0 saturated carbocycles. The van der Waals surface area contributed by atoms with Gasteiger partial charge in [-0.25, -0.2) is 19.2 Å². The Labute approximate surface area is 127 Å². The standard InChI is InChI=1S/C10H6O8.Na.H/c11-7(12)3-1-2-4(8(13)14)6(10(17)18)5(3)9(15)16;;/h1-2H,(H,11,12)(H,13,14)(H,15,16)(H,17,18);;. The molecular formula is C10H7NaO8. The molecule has 0 bridgehead atoms. The van der Waals surface area contributed by atoms with Gasteiger partial charge in [0, 0.05) is 0 Å². The Kier molecular flexibility index (Phi) is 5.69. The van der Waals surface area contributed by atoms with Crippen LogP contribution in [0.25, 0.3) is 0 Å². The first-order chi connectivity index (χ1) is 8.27. The third kappa shape index (κ3) is 3.31. The predicted molar refractivity (Wildman–Crippen MR) is 61.4 cm³/mol. The number of hydrogen-bond acceptors (Lipinski definition) is 4. The molecule has 0 fully saturated rings. The first-order valence-electron chi connectivity index (χ1n) is 4.37. The molecular weight excluding hydrogens is 271 g/mol. The molecule has 0 aliphatic carbocycles. The Balaban J connectivity index is 0.00000324. The van der Waals surface area contributed by atoms with Crippen molar-refractivity contribution in [2.75, 3.05) is 0 Å². The van der Waals surface area contributed by atoms with Gasteiger partial charge in [0.15, 0.2) is 0 Å². The van der Waals surface area contributed by atoms with E-state index in [4.69, 9.17) is 20.4 Å². The summed E-state index contributed by atoms with van der Waals surface area (Å²) in [5.41, 5.74) is -3.69. The second-order valence-electron chi connectivity index (χ2n) is 3.13. The molecule has 1 aromatic carbocycles. The number of carboxylic acid groups (broad SMARTS) is 4. The number of benzene rings is 1. The van der Waals surface area contributed by atoms with Crippen LogP contribution in [0, 0.1) is 0 Å². The van der Waals surface area contributed by atoms with E-state index in [0.717, 1.165) is 12.1 Å². The third-order valence-electron chi connectivity index (χ3n) is 2.09. The van der Waals surface area contributed by atoms with Crippen molar-refractivity contribution < 1.29 is 39.6 Å². The van der Waals surface area contributed by atoms with E-state index < -0.39 is 46.1 Å². The summed E-state index contributed by atoms with van der Waals surface area (Å²) in [4.78, 5) is 43.4. The van der Waals surface area contributed by atoms with Crippen LogP contribution < -0.4 is 0 Å². The first kappa shape index (κ1) is 17.1. The van der Waals surface area contributed by atoms with Crippen molar-refractivity contribution in [2.24, 2.45) is 0 Å². The summed E-state index contributed by atoms with van der Waals surface area (Å²) < 4.78 is 0. The van der Waals surface area contributed by atoms with Crippen molar-refractivity contribution in [3.63, 3.8) is 0 Å². The Morgan fingerprint density at radius 3 is 1.05 bits per heavy atom. The second-order valence-corrected chi connectivity index (χ2v) is 3.13. The monoisotopic (exact) mass is 278 g/mol. The molecule has 9 heteroatoms. The zero-order valence-electron chi connectivity index (χ0n) is 8.58. The molecule has 0 radical (unpaired) electrons. The molecule has 0 atom stereocenters. The number of aromatic carboxylic acids is 4. The quantitative estimate of drug-likeness (QED) is 0.554. The number of hydrogen-bond donors (Lipinski definition) is 4. The molecule has 1 rings (SSSR count). The van der Waals surface area contributed by atoms with E-state index in [0.29, 0.717) is 0 Å². The Hall–Kier alpha value is -1.90. The maximum absolute atomic E-state index is 10.9. The molecule has 0 heterocycles. The number of carboxylic acids is 4. The fraction of sp³-hybridized carbons (Fsp3) is 0. The molecule has 0 spiro atoms. The van der Waals surface area contributed by atoms with Crippen molar-refractivity contribution >= 4 is 53.4 Å². The van der Waals surface area contributed by atoms with E-state index in [1.165, 1.54) is 0 Å². The van der Waals surface area contributed by atoms with Crippen molar-refractivity contribution in [3.05, 3.63) is 34.4 Å². The Morgan fingerprint density at radius 1 is 0.632 bits per heavy atom. The van der Waals surface area contributed by atoms with Gasteiger partial charge in [0.25, 0.3) is 0 Å². The van der Waals surface area contributed by atoms with Crippen LogP contribution in [0.1, 0.15) is 41.4 Å². The zero-order valence-corrected chi connectivity index (χ0v) is 8.58. The molecule has 19 heavy (non-hydrogen) atoms. The van der Waals surface area contributed by atoms with Crippen LogP contribution >= 0.6 is 0 Å². The van der Waals surface area contributed by atoms with Crippen LogP contribution in [0.15, 0.2) is 12.1 Å². The fourth-order valence-corrected chi connectivity index (χ4v) is 1.40. The second kappa shape index (κ2) is 6.32. The van der Waals surface area contributed by atoms with Crippen molar-refractivity contribution in [2.45, 2.75) is 0 Å². The van der Waals surface area contributed by atoms with Crippen LogP contribution in [0.3, 0.4) is 0 Å². The van der Waals surface area contributed by atoms with Gasteiger partial charge in [-0.05, 0) is 12.1 Å². The van der Waals surface area contributed by atoms with Crippen molar-refractivity contribution in [1.29, 1.82) is 0 Å². The third-order valence-corrected chi connectivity index (χ3v) is 2.09. The van der Waals surface area contributed by atoms with Crippen molar-refractivity contribution in [1.82, 2.24) is 0 Å². The molecule has 0 aromatic heterocycles. The van der Waals surface area contributed by atoms with Gasteiger partial charge in [0.05, 0.1) is 22.3 Å².